The van der Waals surface area contributed by atoms with Gasteiger partial charge < -0.3 is 13.8 Å². The number of aromatic nitrogens is 1. The predicted octanol–water partition coefficient (Wildman–Crippen LogP) is 3.81. The van der Waals surface area contributed by atoms with Gasteiger partial charge in [0.2, 0.25) is 15.9 Å². The van der Waals surface area contributed by atoms with Gasteiger partial charge in [0.15, 0.2) is 10.7 Å². The molecule has 0 bridgehead atoms. The van der Waals surface area contributed by atoms with E-state index in [9.17, 15) is 13.2 Å². The van der Waals surface area contributed by atoms with Crippen molar-refractivity contribution in [1.82, 2.24) is 14.4 Å². The number of aryl methyl sites for hydroxylation is 1. The molecule has 0 spiro atoms. The molecule has 1 aromatic carbocycles. The highest BCUT2D eigenvalue weighted by Crippen LogP contribution is 2.30. The number of carbonyl (C=O) groups excluding carboxylic acids is 1. The topological polar surface area (TPSA) is 96.9 Å². The average Bonchev–Trinajstić information content (AvgIpc) is 3.47. The number of rotatable bonds is 7. The van der Waals surface area contributed by atoms with Crippen LogP contribution >= 0.6 is 0 Å². The highest BCUT2D eigenvalue weighted by Gasteiger charge is 2.36. The van der Waals surface area contributed by atoms with Crippen molar-refractivity contribution >= 4 is 28.1 Å². The van der Waals surface area contributed by atoms with Crippen molar-refractivity contribution < 1.29 is 22.2 Å². The molecule has 1 aliphatic rings. The lowest BCUT2D eigenvalue weighted by Gasteiger charge is -2.32. The van der Waals surface area contributed by atoms with Crippen LogP contribution in [0.3, 0.4) is 0 Å². The minimum Gasteiger partial charge on any atom is -0.465 e. The number of carbonyl (C=O) groups is 1. The first-order valence-electron chi connectivity index (χ1n) is 10.8. The lowest BCUT2D eigenvalue weighted by Crippen LogP contribution is -2.43. The fourth-order valence-electron chi connectivity index (χ4n) is 4.06. The number of piperidine rings is 1. The molecule has 0 aliphatic carbocycles. The van der Waals surface area contributed by atoms with Gasteiger partial charge in [0.05, 0.1) is 6.26 Å². The summed E-state index contributed by atoms with van der Waals surface area (Å²) in [6.07, 6.45) is 5.65. The zero-order chi connectivity index (χ0) is 23.4. The Bertz CT molecular complexity index is 1210. The molecule has 0 saturated carbocycles. The SMILES string of the molecule is Cc1noc(/C=C/c2ccco2)c1S(=O)(=O)N1CCC(C(=O)N(C)Cc2ccccc2)CC1. The average molecular weight is 470 g/mol. The van der Waals surface area contributed by atoms with E-state index in [0.717, 1.165) is 5.56 Å². The van der Waals surface area contributed by atoms with E-state index in [4.69, 9.17) is 8.94 Å². The fraction of sp³-hybridized carbons (Fsp3) is 0.333. The lowest BCUT2D eigenvalue weighted by atomic mass is 9.96. The Morgan fingerprint density at radius 1 is 1.15 bits per heavy atom. The standard InChI is InChI=1S/C24H27N3O5S/c1-18-23(22(32-25-18)11-10-21-9-6-16-31-21)33(29,30)27-14-12-20(13-15-27)24(28)26(2)17-19-7-4-3-5-8-19/h3-11,16,20H,12-15,17H2,1-2H3/b11-10+. The van der Waals surface area contributed by atoms with Crippen LogP contribution in [-0.4, -0.2) is 48.8 Å². The molecule has 9 heteroatoms. The van der Waals surface area contributed by atoms with Gasteiger partial charge >= 0.3 is 0 Å². The Kier molecular flexibility index (Phi) is 6.80. The third-order valence-electron chi connectivity index (χ3n) is 5.82. The molecule has 8 nitrogen and oxygen atoms in total. The third kappa shape index (κ3) is 5.09. The number of hydrogen-bond donors (Lipinski definition) is 0. The molecule has 33 heavy (non-hydrogen) atoms. The molecule has 2 aromatic heterocycles. The summed E-state index contributed by atoms with van der Waals surface area (Å²) in [5.74, 6) is 0.572. The maximum absolute atomic E-state index is 13.4. The molecule has 0 radical (unpaired) electrons. The maximum Gasteiger partial charge on any atom is 0.248 e. The molecule has 1 fully saturated rings. The van der Waals surface area contributed by atoms with Crippen molar-refractivity contribution in [3.8, 4) is 0 Å². The molecule has 0 atom stereocenters. The first-order valence-corrected chi connectivity index (χ1v) is 12.3. The molecule has 3 heterocycles. The summed E-state index contributed by atoms with van der Waals surface area (Å²) in [5.41, 5.74) is 1.36. The smallest absolute Gasteiger partial charge is 0.248 e. The van der Waals surface area contributed by atoms with Gasteiger partial charge in [0.1, 0.15) is 11.5 Å². The van der Waals surface area contributed by atoms with Crippen molar-refractivity contribution in [1.29, 1.82) is 0 Å². The normalized spacial score (nSPS) is 15.8. The molecule has 4 rings (SSSR count). The summed E-state index contributed by atoms with van der Waals surface area (Å²) in [7, 11) is -2.03. The van der Waals surface area contributed by atoms with Crippen molar-refractivity contribution in [2.24, 2.45) is 5.92 Å². The summed E-state index contributed by atoms with van der Waals surface area (Å²) < 4.78 is 38.7. The Morgan fingerprint density at radius 3 is 2.55 bits per heavy atom. The number of sulfonamides is 1. The van der Waals surface area contributed by atoms with Crippen molar-refractivity contribution in [2.45, 2.75) is 31.2 Å². The summed E-state index contributed by atoms with van der Waals surface area (Å²) >= 11 is 0. The third-order valence-corrected chi connectivity index (χ3v) is 7.87. The van der Waals surface area contributed by atoms with Crippen LogP contribution in [0.5, 0.6) is 0 Å². The van der Waals surface area contributed by atoms with E-state index < -0.39 is 10.0 Å². The van der Waals surface area contributed by atoms with Gasteiger partial charge in [0, 0.05) is 32.6 Å². The molecule has 0 unspecified atom stereocenters. The Hall–Kier alpha value is -3.17. The molecular weight excluding hydrogens is 442 g/mol. The molecule has 1 amide bonds. The zero-order valence-electron chi connectivity index (χ0n) is 18.7. The van der Waals surface area contributed by atoms with Crippen LogP contribution < -0.4 is 0 Å². The van der Waals surface area contributed by atoms with Crippen LogP contribution in [0.1, 0.15) is 35.6 Å². The first-order chi connectivity index (χ1) is 15.9. The van der Waals surface area contributed by atoms with Gasteiger partial charge in [-0.1, -0.05) is 35.5 Å². The van der Waals surface area contributed by atoms with E-state index in [2.05, 4.69) is 5.16 Å². The van der Waals surface area contributed by atoms with Crippen LogP contribution in [0.2, 0.25) is 0 Å². The first kappa shape index (κ1) is 23.0. The maximum atomic E-state index is 13.4. The van der Waals surface area contributed by atoms with Crippen LogP contribution in [0.4, 0.5) is 0 Å². The highest BCUT2D eigenvalue weighted by atomic mass is 32.2. The molecule has 0 N–H and O–H groups in total. The van der Waals surface area contributed by atoms with Crippen LogP contribution in [-0.2, 0) is 21.4 Å². The van der Waals surface area contributed by atoms with Crippen molar-refractivity contribution in [3.05, 3.63) is 71.5 Å². The van der Waals surface area contributed by atoms with E-state index in [1.807, 2.05) is 30.3 Å². The summed E-state index contributed by atoms with van der Waals surface area (Å²) in [4.78, 5) is 14.7. The van der Waals surface area contributed by atoms with Crippen molar-refractivity contribution in [2.75, 3.05) is 20.1 Å². The van der Waals surface area contributed by atoms with Crippen LogP contribution in [0, 0.1) is 12.8 Å². The molecular formula is C24H27N3O5S. The van der Waals surface area contributed by atoms with Gasteiger partial charge in [-0.25, -0.2) is 8.42 Å². The number of nitrogens with zero attached hydrogens (tertiary/aromatic N) is 3. The minimum atomic E-state index is -3.82. The Balaban J connectivity index is 1.42. The quantitative estimate of drug-likeness (QED) is 0.522. The number of hydrogen-bond acceptors (Lipinski definition) is 6. The largest absolute Gasteiger partial charge is 0.465 e. The van der Waals surface area contributed by atoms with Crippen molar-refractivity contribution in [3.63, 3.8) is 0 Å². The molecule has 174 valence electrons. The van der Waals surface area contributed by atoms with E-state index in [-0.39, 0.29) is 35.6 Å². The Labute approximate surface area is 193 Å². The predicted molar refractivity (Wildman–Crippen MR) is 123 cm³/mol. The second-order valence-electron chi connectivity index (χ2n) is 8.17. The monoisotopic (exact) mass is 469 g/mol. The van der Waals surface area contributed by atoms with Gasteiger partial charge in [-0.2, -0.15) is 4.31 Å². The molecule has 1 saturated heterocycles. The molecule has 3 aromatic rings. The van der Waals surface area contributed by atoms with Gasteiger partial charge in [0.25, 0.3) is 0 Å². The van der Waals surface area contributed by atoms with Gasteiger partial charge in [-0.3, -0.25) is 4.79 Å². The second-order valence-corrected chi connectivity index (χ2v) is 10.0. The second kappa shape index (κ2) is 9.76. The lowest BCUT2D eigenvalue weighted by molar-refractivity contribution is -0.135. The minimum absolute atomic E-state index is 0.0409. The molecule has 1 aliphatic heterocycles. The summed E-state index contributed by atoms with van der Waals surface area (Å²) in [5, 5.41) is 3.86. The van der Waals surface area contributed by atoms with E-state index in [0.29, 0.717) is 30.8 Å². The van der Waals surface area contributed by atoms with E-state index in [1.165, 1.54) is 10.6 Å². The van der Waals surface area contributed by atoms with Crippen LogP contribution in [0.25, 0.3) is 12.2 Å². The highest BCUT2D eigenvalue weighted by molar-refractivity contribution is 7.89. The van der Waals surface area contributed by atoms with E-state index in [1.54, 1.807) is 43.2 Å². The Morgan fingerprint density at radius 2 is 1.88 bits per heavy atom. The fourth-order valence-corrected chi connectivity index (χ4v) is 5.78. The van der Waals surface area contributed by atoms with Gasteiger partial charge in [-0.05, 0) is 49.6 Å². The summed E-state index contributed by atoms with van der Waals surface area (Å²) in [6.45, 7) is 2.67. The number of amides is 1. The van der Waals surface area contributed by atoms with Crippen LogP contribution in [0.15, 0.2) is 62.6 Å². The van der Waals surface area contributed by atoms with E-state index >= 15 is 0 Å². The van der Waals surface area contributed by atoms with Gasteiger partial charge in [-0.15, -0.1) is 0 Å². The summed E-state index contributed by atoms with van der Waals surface area (Å²) in [6, 6.07) is 13.3. The zero-order valence-corrected chi connectivity index (χ0v) is 19.5. The number of benzene rings is 1. The number of furan rings is 1.